The van der Waals surface area contributed by atoms with Crippen molar-refractivity contribution in [3.63, 3.8) is 0 Å². The van der Waals surface area contributed by atoms with Crippen LogP contribution < -0.4 is 10.9 Å². The van der Waals surface area contributed by atoms with E-state index in [0.29, 0.717) is 16.8 Å². The average Bonchev–Trinajstić information content (AvgIpc) is 2.48. The smallest absolute Gasteiger partial charge is 0.251 e. The van der Waals surface area contributed by atoms with E-state index in [1.54, 1.807) is 12.1 Å². The second kappa shape index (κ2) is 5.77. The van der Waals surface area contributed by atoms with Crippen LogP contribution in [-0.2, 0) is 0 Å². The zero-order valence-corrected chi connectivity index (χ0v) is 11.8. The number of nitrogens with zero attached hydrogens (tertiary/aromatic N) is 1. The monoisotopic (exact) mass is 289 g/mol. The molecule has 1 aromatic carbocycles. The van der Waals surface area contributed by atoms with E-state index in [9.17, 15) is 4.79 Å². The van der Waals surface area contributed by atoms with Crippen LogP contribution in [-0.4, -0.2) is 23.1 Å². The zero-order valence-electron chi connectivity index (χ0n) is 11.0. The van der Waals surface area contributed by atoms with Crippen molar-refractivity contribution in [1.82, 2.24) is 15.3 Å². The molecular formula is C15H16ClN3O. The highest BCUT2D eigenvalue weighted by Gasteiger charge is 2.18. The van der Waals surface area contributed by atoms with Crippen LogP contribution in [0.5, 0.6) is 0 Å². The van der Waals surface area contributed by atoms with Gasteiger partial charge in [-0.1, -0.05) is 23.7 Å². The van der Waals surface area contributed by atoms with Crippen molar-refractivity contribution < 1.29 is 0 Å². The molecule has 3 rings (SSSR count). The molecule has 2 heterocycles. The van der Waals surface area contributed by atoms with Crippen molar-refractivity contribution in [2.45, 2.75) is 18.8 Å². The molecule has 0 spiro atoms. The van der Waals surface area contributed by atoms with Crippen LogP contribution in [0, 0.1) is 0 Å². The van der Waals surface area contributed by atoms with E-state index >= 15 is 0 Å². The third kappa shape index (κ3) is 2.76. The molecule has 0 bridgehead atoms. The van der Waals surface area contributed by atoms with Crippen molar-refractivity contribution in [2.24, 2.45) is 0 Å². The summed E-state index contributed by atoms with van der Waals surface area (Å²) in [6, 6.07) is 9.02. The van der Waals surface area contributed by atoms with Crippen LogP contribution in [0.15, 0.2) is 35.1 Å². The summed E-state index contributed by atoms with van der Waals surface area (Å²) in [6.45, 7) is 1.95. The molecular weight excluding hydrogens is 274 g/mol. The maximum atomic E-state index is 11.9. The fourth-order valence-corrected chi connectivity index (χ4v) is 2.81. The highest BCUT2D eigenvalue weighted by Crippen LogP contribution is 2.27. The number of H-pyrrole nitrogens is 1. The number of rotatable bonds is 2. The number of benzene rings is 1. The lowest BCUT2D eigenvalue weighted by molar-refractivity contribution is 0.453. The number of hydrogen-bond acceptors (Lipinski definition) is 3. The Bertz CT molecular complexity index is 662. The predicted molar refractivity (Wildman–Crippen MR) is 80.1 cm³/mol. The van der Waals surface area contributed by atoms with E-state index in [1.165, 1.54) is 0 Å². The fourth-order valence-electron chi connectivity index (χ4n) is 2.58. The Hall–Kier alpha value is -1.65. The fraction of sp³-hybridized carbons (Fsp3) is 0.333. The minimum absolute atomic E-state index is 0.122. The summed E-state index contributed by atoms with van der Waals surface area (Å²) in [5.74, 6) is 0.899. The molecule has 4 nitrogen and oxygen atoms in total. The number of nitrogens with one attached hydrogen (secondary N) is 2. The molecule has 1 aromatic heterocycles. The Labute approximate surface area is 122 Å². The van der Waals surface area contributed by atoms with E-state index in [1.807, 2.05) is 18.2 Å². The molecule has 2 aromatic rings. The molecule has 0 amide bonds. The van der Waals surface area contributed by atoms with Gasteiger partial charge in [0.25, 0.3) is 5.56 Å². The summed E-state index contributed by atoms with van der Waals surface area (Å²) in [5, 5.41) is 3.92. The normalized spacial score (nSPS) is 16.2. The number of aromatic amines is 1. The summed E-state index contributed by atoms with van der Waals surface area (Å²) in [5.41, 5.74) is 1.51. The number of hydrogen-bond donors (Lipinski definition) is 2. The molecule has 1 aliphatic heterocycles. The Balaban J connectivity index is 2.02. The van der Waals surface area contributed by atoms with Gasteiger partial charge in [-0.15, -0.1) is 0 Å². The van der Waals surface area contributed by atoms with Gasteiger partial charge in [0, 0.05) is 17.5 Å². The van der Waals surface area contributed by atoms with Crippen molar-refractivity contribution in [1.29, 1.82) is 0 Å². The topological polar surface area (TPSA) is 57.8 Å². The van der Waals surface area contributed by atoms with Crippen LogP contribution >= 0.6 is 11.6 Å². The molecule has 0 atom stereocenters. The molecule has 5 heteroatoms. The second-order valence-electron chi connectivity index (χ2n) is 5.02. The van der Waals surface area contributed by atoms with Crippen LogP contribution in [0.2, 0.25) is 5.02 Å². The zero-order chi connectivity index (χ0) is 13.9. The largest absolute Gasteiger partial charge is 0.317 e. The number of halogens is 1. The first-order valence-electron chi connectivity index (χ1n) is 6.81. The van der Waals surface area contributed by atoms with Crippen molar-refractivity contribution in [2.75, 3.05) is 13.1 Å². The molecule has 2 N–H and O–H groups in total. The van der Waals surface area contributed by atoms with Gasteiger partial charge in [-0.3, -0.25) is 4.79 Å². The molecule has 1 fully saturated rings. The van der Waals surface area contributed by atoms with Crippen LogP contribution in [0.3, 0.4) is 0 Å². The van der Waals surface area contributed by atoms with E-state index < -0.39 is 0 Å². The van der Waals surface area contributed by atoms with Gasteiger partial charge in [0.15, 0.2) is 0 Å². The van der Waals surface area contributed by atoms with Gasteiger partial charge >= 0.3 is 0 Å². The number of piperidine rings is 1. The summed E-state index contributed by atoms with van der Waals surface area (Å²) < 4.78 is 0. The lowest BCUT2D eigenvalue weighted by Crippen LogP contribution is -2.28. The molecule has 20 heavy (non-hydrogen) atoms. The molecule has 0 aliphatic carbocycles. The molecule has 0 unspecified atom stereocenters. The minimum atomic E-state index is -0.122. The van der Waals surface area contributed by atoms with Crippen LogP contribution in [0.1, 0.15) is 24.5 Å². The standard InChI is InChI=1S/C15H16ClN3O/c16-12-4-2-1-3-11(12)15-18-13(9-14(20)19-15)10-5-7-17-8-6-10/h1-4,9-10,17H,5-8H2,(H,18,19,20). The van der Waals surface area contributed by atoms with Crippen molar-refractivity contribution in [3.8, 4) is 11.4 Å². The van der Waals surface area contributed by atoms with Gasteiger partial charge in [-0.25, -0.2) is 4.98 Å². The third-order valence-electron chi connectivity index (χ3n) is 3.65. The first kappa shape index (κ1) is 13.3. The molecule has 1 saturated heterocycles. The molecule has 0 radical (unpaired) electrons. The minimum Gasteiger partial charge on any atom is -0.317 e. The summed E-state index contributed by atoms with van der Waals surface area (Å²) in [4.78, 5) is 19.3. The lowest BCUT2D eigenvalue weighted by Gasteiger charge is -2.22. The van der Waals surface area contributed by atoms with E-state index in [2.05, 4.69) is 15.3 Å². The molecule has 1 aliphatic rings. The lowest BCUT2D eigenvalue weighted by atomic mass is 9.94. The molecule has 104 valence electrons. The first-order chi connectivity index (χ1) is 9.74. The van der Waals surface area contributed by atoms with Crippen molar-refractivity contribution in [3.05, 3.63) is 51.4 Å². The van der Waals surface area contributed by atoms with Gasteiger partial charge in [-0.05, 0) is 38.1 Å². The Morgan fingerprint density at radius 3 is 2.70 bits per heavy atom. The van der Waals surface area contributed by atoms with E-state index in [0.717, 1.165) is 37.2 Å². The van der Waals surface area contributed by atoms with Gasteiger partial charge in [0.2, 0.25) is 0 Å². The quantitative estimate of drug-likeness (QED) is 0.893. The Kier molecular flexibility index (Phi) is 3.85. The second-order valence-corrected chi connectivity index (χ2v) is 5.43. The van der Waals surface area contributed by atoms with Gasteiger partial charge in [0.1, 0.15) is 5.82 Å². The Morgan fingerprint density at radius 2 is 1.95 bits per heavy atom. The summed E-state index contributed by atoms with van der Waals surface area (Å²) in [7, 11) is 0. The van der Waals surface area contributed by atoms with E-state index in [4.69, 9.17) is 11.6 Å². The first-order valence-corrected chi connectivity index (χ1v) is 7.19. The van der Waals surface area contributed by atoms with Gasteiger partial charge in [0.05, 0.1) is 10.7 Å². The maximum absolute atomic E-state index is 11.9. The predicted octanol–water partition coefficient (Wildman–Crippen LogP) is 2.56. The highest BCUT2D eigenvalue weighted by atomic mass is 35.5. The third-order valence-corrected chi connectivity index (χ3v) is 3.98. The van der Waals surface area contributed by atoms with Crippen molar-refractivity contribution >= 4 is 11.6 Å². The average molecular weight is 290 g/mol. The molecule has 0 saturated carbocycles. The van der Waals surface area contributed by atoms with Gasteiger partial charge < -0.3 is 10.3 Å². The summed E-state index contributed by atoms with van der Waals surface area (Å²) in [6.07, 6.45) is 2.02. The highest BCUT2D eigenvalue weighted by molar-refractivity contribution is 6.33. The maximum Gasteiger partial charge on any atom is 0.251 e. The van der Waals surface area contributed by atoms with E-state index in [-0.39, 0.29) is 5.56 Å². The van der Waals surface area contributed by atoms with Crippen LogP contribution in [0.25, 0.3) is 11.4 Å². The number of aromatic nitrogens is 2. The Morgan fingerprint density at radius 1 is 1.20 bits per heavy atom. The van der Waals surface area contributed by atoms with Gasteiger partial charge in [-0.2, -0.15) is 0 Å². The van der Waals surface area contributed by atoms with Crippen LogP contribution in [0.4, 0.5) is 0 Å². The SMILES string of the molecule is O=c1cc(C2CCNCC2)nc(-c2ccccc2Cl)[nH]1. The summed E-state index contributed by atoms with van der Waals surface area (Å²) >= 11 is 6.18.